The summed E-state index contributed by atoms with van der Waals surface area (Å²) in [4.78, 5) is 53.1. The largest absolute Gasteiger partial charge is 0.392 e. The maximum atomic E-state index is 13.4. The van der Waals surface area contributed by atoms with E-state index in [1.54, 1.807) is 37.5 Å². The minimum Gasteiger partial charge on any atom is -0.392 e. The van der Waals surface area contributed by atoms with Gasteiger partial charge in [-0.1, -0.05) is 39.5 Å². The highest BCUT2D eigenvalue weighted by atomic mass is 16.5. The van der Waals surface area contributed by atoms with Crippen LogP contribution >= 0.6 is 0 Å². The average molecular weight is 735 g/mol. The van der Waals surface area contributed by atoms with Crippen LogP contribution < -0.4 is 26.4 Å². The predicted molar refractivity (Wildman–Crippen MR) is 213 cm³/mol. The number of aryl methyl sites for hydroxylation is 1. The molecule has 0 saturated carbocycles. The number of pyridine rings is 1. The molecule has 54 heavy (non-hydrogen) atoms. The molecule has 4 heterocycles. The fraction of sp³-hybridized carbons (Fsp3) is 0.390. The maximum Gasteiger partial charge on any atom is 0.293 e. The number of nitrogens with one attached hydrogen (secondary N) is 3. The van der Waals surface area contributed by atoms with E-state index >= 15 is 0 Å². The Morgan fingerprint density at radius 2 is 1.78 bits per heavy atom. The van der Waals surface area contributed by atoms with Crippen LogP contribution in [0.2, 0.25) is 0 Å². The molecule has 2 saturated heterocycles. The number of anilines is 5. The third-order valence-electron chi connectivity index (χ3n) is 10.2. The van der Waals surface area contributed by atoms with Crippen LogP contribution in [0.1, 0.15) is 62.0 Å². The Morgan fingerprint density at radius 1 is 1.04 bits per heavy atom. The second-order valence-electron chi connectivity index (χ2n) is 14.9. The molecule has 2 amide bonds. The summed E-state index contributed by atoms with van der Waals surface area (Å²) in [5, 5.41) is 19.4. The summed E-state index contributed by atoms with van der Waals surface area (Å²) in [6.45, 7) is 15.9. The van der Waals surface area contributed by atoms with Crippen LogP contribution in [0.4, 0.5) is 28.7 Å². The van der Waals surface area contributed by atoms with Gasteiger partial charge in [-0.3, -0.25) is 19.3 Å². The van der Waals surface area contributed by atoms with E-state index in [1.807, 2.05) is 24.3 Å². The number of benzene rings is 2. The summed E-state index contributed by atoms with van der Waals surface area (Å²) in [5.74, 6) is -0.501. The van der Waals surface area contributed by atoms with Gasteiger partial charge in [0.1, 0.15) is 5.82 Å². The summed E-state index contributed by atoms with van der Waals surface area (Å²) in [6.07, 6.45) is 6.39. The van der Waals surface area contributed by atoms with Gasteiger partial charge in [0.25, 0.3) is 11.5 Å². The van der Waals surface area contributed by atoms with Gasteiger partial charge in [0, 0.05) is 86.8 Å². The van der Waals surface area contributed by atoms with E-state index < -0.39 is 6.61 Å². The molecule has 2 aromatic carbocycles. The van der Waals surface area contributed by atoms with E-state index in [4.69, 9.17) is 4.74 Å². The zero-order chi connectivity index (χ0) is 38.6. The standard InChI is InChI=1S/C41H50N8O5/c1-7-36(51)44-33-22-29(12-13-35(33)49-19-18-48(23-26(49)2)30-15-20-54-21-16-30)43-38-40(53)47(6)24-34(45-38)31-14-17-42-37(32(31)25-50)46-39(52)27-8-10-28(11-9-27)41(3,4)5/h7-14,17,22,24,26,30,50H,1,15-16,18-21,23,25H2,2-6H3,(H,43,45)(H,44,51)(H,42,46,52)/t26-/m0/s1. The number of carbonyl (C=O) groups excluding carboxylic acids is 2. The third-order valence-corrected chi connectivity index (χ3v) is 10.2. The van der Waals surface area contributed by atoms with Crippen LogP contribution in [0.3, 0.4) is 0 Å². The second kappa shape index (κ2) is 16.3. The summed E-state index contributed by atoms with van der Waals surface area (Å²) >= 11 is 0. The van der Waals surface area contributed by atoms with Crippen molar-refractivity contribution in [2.45, 2.75) is 64.6 Å². The van der Waals surface area contributed by atoms with Crippen molar-refractivity contribution in [2.75, 3.05) is 53.7 Å². The van der Waals surface area contributed by atoms with Crippen molar-refractivity contribution < 1.29 is 19.4 Å². The number of aliphatic hydroxyl groups is 1. The molecular formula is C41H50N8O5. The predicted octanol–water partition coefficient (Wildman–Crippen LogP) is 5.44. The lowest BCUT2D eigenvalue weighted by molar-refractivity contribution is -0.111. The molecule has 0 spiro atoms. The molecule has 13 nitrogen and oxygen atoms in total. The topological polar surface area (TPSA) is 154 Å². The first kappa shape index (κ1) is 38.4. The van der Waals surface area contributed by atoms with Gasteiger partial charge in [-0.05, 0) is 73.2 Å². The molecular weight excluding hydrogens is 685 g/mol. The first-order valence-corrected chi connectivity index (χ1v) is 18.4. The van der Waals surface area contributed by atoms with Gasteiger partial charge in [-0.25, -0.2) is 9.97 Å². The van der Waals surface area contributed by atoms with Crippen LogP contribution in [0.25, 0.3) is 11.3 Å². The van der Waals surface area contributed by atoms with Crippen LogP contribution in [-0.4, -0.2) is 81.3 Å². The fourth-order valence-corrected chi connectivity index (χ4v) is 7.13. The van der Waals surface area contributed by atoms with Crippen molar-refractivity contribution >= 4 is 40.5 Å². The quantitative estimate of drug-likeness (QED) is 0.155. The first-order chi connectivity index (χ1) is 25.9. The van der Waals surface area contributed by atoms with Crippen LogP contribution in [0, 0.1) is 0 Å². The molecule has 1 atom stereocenters. The number of hydrogen-bond donors (Lipinski definition) is 4. The summed E-state index contributed by atoms with van der Waals surface area (Å²) < 4.78 is 6.97. The summed E-state index contributed by atoms with van der Waals surface area (Å²) in [5.41, 5.74) is 4.31. The normalized spacial score (nSPS) is 16.9. The summed E-state index contributed by atoms with van der Waals surface area (Å²) in [7, 11) is 1.61. The van der Waals surface area contributed by atoms with Crippen molar-refractivity contribution in [3.63, 3.8) is 0 Å². The van der Waals surface area contributed by atoms with Gasteiger partial charge in [0.2, 0.25) is 5.91 Å². The molecule has 0 bridgehead atoms. The van der Waals surface area contributed by atoms with E-state index in [9.17, 15) is 19.5 Å². The Balaban J connectivity index is 1.26. The lowest BCUT2D eigenvalue weighted by atomic mass is 9.87. The molecule has 2 fully saturated rings. The summed E-state index contributed by atoms with van der Waals surface area (Å²) in [6, 6.07) is 15.3. The Morgan fingerprint density at radius 3 is 2.44 bits per heavy atom. The third kappa shape index (κ3) is 8.54. The number of aliphatic hydroxyl groups excluding tert-OH is 1. The molecule has 13 heteroatoms. The highest BCUT2D eigenvalue weighted by Gasteiger charge is 2.31. The zero-order valence-corrected chi connectivity index (χ0v) is 31.7. The Kier molecular flexibility index (Phi) is 11.6. The lowest BCUT2D eigenvalue weighted by Crippen LogP contribution is -2.56. The van der Waals surface area contributed by atoms with E-state index in [-0.39, 0.29) is 40.5 Å². The molecule has 2 aliphatic rings. The molecule has 4 N–H and O–H groups in total. The van der Waals surface area contributed by atoms with Gasteiger partial charge in [-0.2, -0.15) is 0 Å². The molecule has 0 aliphatic carbocycles. The molecule has 6 rings (SSSR count). The highest BCUT2D eigenvalue weighted by Crippen LogP contribution is 2.34. The fourth-order valence-electron chi connectivity index (χ4n) is 7.13. The van der Waals surface area contributed by atoms with Crippen molar-refractivity contribution in [1.29, 1.82) is 0 Å². The molecule has 0 unspecified atom stereocenters. The lowest BCUT2D eigenvalue weighted by Gasteiger charge is -2.45. The number of rotatable bonds is 10. The smallest absolute Gasteiger partial charge is 0.293 e. The average Bonchev–Trinajstić information content (AvgIpc) is 3.16. The molecule has 284 valence electrons. The minimum atomic E-state index is -0.440. The highest BCUT2D eigenvalue weighted by molar-refractivity contribution is 6.04. The van der Waals surface area contributed by atoms with Gasteiger partial charge in [-0.15, -0.1) is 0 Å². The van der Waals surface area contributed by atoms with Crippen molar-refractivity contribution in [1.82, 2.24) is 19.4 Å². The monoisotopic (exact) mass is 734 g/mol. The number of piperazine rings is 1. The van der Waals surface area contributed by atoms with Crippen LogP contribution in [-0.2, 0) is 28.6 Å². The Bertz CT molecular complexity index is 2070. The number of nitrogens with zero attached hydrogens (tertiary/aromatic N) is 5. The van der Waals surface area contributed by atoms with Crippen molar-refractivity contribution in [3.8, 4) is 11.3 Å². The van der Waals surface area contributed by atoms with E-state index in [1.165, 1.54) is 16.8 Å². The van der Waals surface area contributed by atoms with Gasteiger partial charge < -0.3 is 35.3 Å². The minimum absolute atomic E-state index is 0.0346. The number of ether oxygens (including phenoxy) is 1. The van der Waals surface area contributed by atoms with E-state index in [2.05, 4.69) is 70.0 Å². The maximum absolute atomic E-state index is 13.4. The van der Waals surface area contributed by atoms with E-state index in [0.717, 1.165) is 56.9 Å². The Labute approximate surface area is 316 Å². The molecule has 2 aromatic heterocycles. The first-order valence-electron chi connectivity index (χ1n) is 18.4. The van der Waals surface area contributed by atoms with Crippen molar-refractivity contribution in [3.05, 3.63) is 101 Å². The number of hydrogen-bond acceptors (Lipinski definition) is 10. The second-order valence-corrected chi connectivity index (χ2v) is 14.9. The van der Waals surface area contributed by atoms with E-state index in [0.29, 0.717) is 39.8 Å². The molecule has 2 aliphatic heterocycles. The molecule has 0 radical (unpaired) electrons. The number of amides is 2. The van der Waals surface area contributed by atoms with Gasteiger partial charge in [0.05, 0.1) is 23.7 Å². The van der Waals surface area contributed by atoms with Crippen LogP contribution in [0.5, 0.6) is 0 Å². The Hall–Kier alpha value is -5.37. The van der Waals surface area contributed by atoms with Gasteiger partial charge in [0.15, 0.2) is 5.82 Å². The van der Waals surface area contributed by atoms with Crippen molar-refractivity contribution in [2.24, 2.45) is 7.05 Å². The zero-order valence-electron chi connectivity index (χ0n) is 31.7. The van der Waals surface area contributed by atoms with Crippen LogP contribution in [0.15, 0.2) is 78.4 Å². The van der Waals surface area contributed by atoms with Gasteiger partial charge >= 0.3 is 0 Å². The number of aromatic nitrogens is 3. The number of carbonyl (C=O) groups is 2. The SMILES string of the molecule is C=CC(=O)Nc1cc(Nc2nc(-c3ccnc(NC(=O)c4ccc(C(C)(C)C)cc4)c3CO)cn(C)c2=O)ccc1N1CCN(C2CCOCC2)C[C@@H]1C. The molecule has 4 aromatic rings.